The number of quaternary nitrogens is 1. The number of benzene rings is 2. The van der Waals surface area contributed by atoms with Crippen LogP contribution in [0.5, 0.6) is 0 Å². The summed E-state index contributed by atoms with van der Waals surface area (Å²) in [6, 6.07) is 13.7. The van der Waals surface area contributed by atoms with E-state index in [0.717, 1.165) is 45.2 Å². The lowest BCUT2D eigenvalue weighted by Crippen LogP contribution is -2.42. The standard InChI is InChI=1S/C21H28ClN2OS/c1-4-5-14-24(2,3)15-8-13-23-18-9-6-7-10-20(18)26(25)21-12-11-17(22)16-19(21)23/h6-7,9-12,16H,4-5,8,13-15H2,1-3H3/q+1. The first-order valence-electron chi connectivity index (χ1n) is 9.33. The van der Waals surface area contributed by atoms with Gasteiger partial charge in [0, 0.05) is 29.2 Å². The average Bonchev–Trinajstić information content (AvgIpc) is 2.62. The van der Waals surface area contributed by atoms with Crippen molar-refractivity contribution in [2.24, 2.45) is 0 Å². The molecule has 0 aliphatic carbocycles. The van der Waals surface area contributed by atoms with Gasteiger partial charge >= 0.3 is 0 Å². The van der Waals surface area contributed by atoms with Gasteiger partial charge in [-0.15, -0.1) is 0 Å². The number of fused-ring (bicyclic) bond motifs is 2. The highest BCUT2D eigenvalue weighted by Gasteiger charge is 2.33. The Bertz CT molecular complexity index is 765. The van der Waals surface area contributed by atoms with Gasteiger partial charge in [-0.1, -0.05) is 37.1 Å². The highest BCUT2D eigenvalue weighted by atomic mass is 35.5. The van der Waals surface area contributed by atoms with Crippen molar-refractivity contribution in [3.8, 4) is 0 Å². The van der Waals surface area contributed by atoms with E-state index < -0.39 is 11.2 Å². The van der Waals surface area contributed by atoms with Crippen molar-refractivity contribution in [1.29, 1.82) is 0 Å². The van der Waals surface area contributed by atoms with Gasteiger partial charge in [-0.05, 0) is 36.8 Å². The molecule has 0 saturated heterocycles. The predicted octanol–water partition coefficient (Wildman–Crippen LogP) is 5.22. The van der Waals surface area contributed by atoms with Crippen LogP contribution >= 0.6 is 11.6 Å². The fourth-order valence-electron chi connectivity index (χ4n) is 3.54. The molecule has 2 aromatic rings. The van der Waals surface area contributed by atoms with E-state index in [0.29, 0.717) is 5.02 Å². The lowest BCUT2D eigenvalue weighted by Gasteiger charge is -2.34. The van der Waals surface area contributed by atoms with Crippen molar-refractivity contribution in [2.45, 2.75) is 36.0 Å². The molecule has 1 aliphatic heterocycles. The van der Waals surface area contributed by atoms with Crippen molar-refractivity contribution in [3.63, 3.8) is 0 Å². The van der Waals surface area contributed by atoms with Gasteiger partial charge in [0.15, 0.2) is 9.79 Å². The van der Waals surface area contributed by atoms with Crippen molar-refractivity contribution in [2.75, 3.05) is 38.6 Å². The Labute approximate surface area is 165 Å². The Hall–Kier alpha value is -1.20. The van der Waals surface area contributed by atoms with Crippen LogP contribution in [0.1, 0.15) is 26.2 Å². The molecule has 3 nitrogen and oxygen atoms in total. The molecule has 1 aliphatic rings. The van der Waals surface area contributed by atoms with Gasteiger partial charge in [0.2, 0.25) is 0 Å². The molecule has 3 rings (SSSR count). The fraction of sp³-hybridized carbons (Fsp3) is 0.429. The van der Waals surface area contributed by atoms with E-state index in [-0.39, 0.29) is 0 Å². The monoisotopic (exact) mass is 391 g/mol. The first-order chi connectivity index (χ1) is 12.4. The van der Waals surface area contributed by atoms with E-state index in [1.165, 1.54) is 19.4 Å². The normalized spacial score (nSPS) is 16.3. The lowest BCUT2D eigenvalue weighted by molar-refractivity contribution is -0.890. The molecular weight excluding hydrogens is 364 g/mol. The van der Waals surface area contributed by atoms with Gasteiger partial charge in [-0.3, -0.25) is 0 Å². The lowest BCUT2D eigenvalue weighted by atomic mass is 10.2. The number of hydrogen-bond donors (Lipinski definition) is 0. The Morgan fingerprint density at radius 2 is 1.69 bits per heavy atom. The van der Waals surface area contributed by atoms with Crippen molar-refractivity contribution >= 4 is 34.2 Å². The van der Waals surface area contributed by atoms with Crippen LogP contribution in [0.4, 0.5) is 11.4 Å². The van der Waals surface area contributed by atoms with Crippen LogP contribution < -0.4 is 4.90 Å². The van der Waals surface area contributed by atoms with Crippen LogP contribution in [-0.2, 0) is 11.2 Å². The van der Waals surface area contributed by atoms with Crippen molar-refractivity contribution < 1.29 is 9.04 Å². The topological polar surface area (TPSA) is 26.3 Å². The van der Waals surface area contributed by atoms with Crippen LogP contribution in [-0.4, -0.2) is 42.8 Å². The smallest absolute Gasteiger partial charge is 0.182 e. The summed E-state index contributed by atoms with van der Waals surface area (Å²) in [4.78, 5) is 4.03. The number of rotatable bonds is 7. The molecule has 0 aromatic heterocycles. The van der Waals surface area contributed by atoms with Crippen LogP contribution in [0.15, 0.2) is 52.3 Å². The van der Waals surface area contributed by atoms with E-state index in [9.17, 15) is 4.55 Å². The SMILES string of the molecule is CCCC[N+](C)(C)CCCN1c2ccccc2[S+]([O-])c2ccc(Cl)cc21. The predicted molar refractivity (Wildman–Crippen MR) is 111 cm³/mol. The Morgan fingerprint density at radius 3 is 2.46 bits per heavy atom. The highest BCUT2D eigenvalue weighted by molar-refractivity contribution is 7.92. The summed E-state index contributed by atoms with van der Waals surface area (Å²) in [6.07, 6.45) is 3.57. The third-order valence-electron chi connectivity index (χ3n) is 5.03. The third kappa shape index (κ3) is 4.20. The van der Waals surface area contributed by atoms with Gasteiger partial charge in [0.25, 0.3) is 0 Å². The summed E-state index contributed by atoms with van der Waals surface area (Å²) in [6.45, 7) is 5.47. The summed E-state index contributed by atoms with van der Waals surface area (Å²) in [5.41, 5.74) is 2.02. The molecule has 5 heteroatoms. The van der Waals surface area contributed by atoms with Crippen LogP contribution in [0.25, 0.3) is 0 Å². The number of halogens is 1. The van der Waals surface area contributed by atoms with E-state index in [1.54, 1.807) is 0 Å². The molecule has 0 saturated carbocycles. The summed E-state index contributed by atoms with van der Waals surface area (Å²) >= 11 is 5.10. The molecule has 0 N–H and O–H groups in total. The Balaban J connectivity index is 1.83. The van der Waals surface area contributed by atoms with E-state index in [2.05, 4.69) is 32.0 Å². The van der Waals surface area contributed by atoms with E-state index >= 15 is 0 Å². The third-order valence-corrected chi connectivity index (χ3v) is 6.75. The zero-order chi connectivity index (χ0) is 18.7. The molecule has 0 spiro atoms. The quantitative estimate of drug-likeness (QED) is 0.477. The largest absolute Gasteiger partial charge is 0.606 e. The number of hydrogen-bond acceptors (Lipinski definition) is 2. The molecule has 26 heavy (non-hydrogen) atoms. The van der Waals surface area contributed by atoms with Crippen LogP contribution in [0.2, 0.25) is 5.02 Å². The zero-order valence-electron chi connectivity index (χ0n) is 15.9. The van der Waals surface area contributed by atoms with Gasteiger partial charge in [0.05, 0.1) is 38.6 Å². The van der Waals surface area contributed by atoms with Gasteiger partial charge < -0.3 is 13.9 Å². The average molecular weight is 392 g/mol. The number of para-hydroxylation sites is 1. The molecular formula is C21H28ClN2OS+. The van der Waals surface area contributed by atoms with Crippen molar-refractivity contribution in [1.82, 2.24) is 0 Å². The summed E-state index contributed by atoms with van der Waals surface area (Å²) in [7, 11) is 4.61. The minimum absolute atomic E-state index is 0.684. The summed E-state index contributed by atoms with van der Waals surface area (Å²) in [5, 5.41) is 0.684. The minimum atomic E-state index is -1.15. The summed E-state index contributed by atoms with van der Waals surface area (Å²) in [5.74, 6) is 0. The maximum Gasteiger partial charge on any atom is 0.182 e. The zero-order valence-corrected chi connectivity index (χ0v) is 17.4. The first-order valence-corrected chi connectivity index (χ1v) is 10.9. The van der Waals surface area contributed by atoms with Gasteiger partial charge in [-0.25, -0.2) is 0 Å². The molecule has 0 radical (unpaired) electrons. The second-order valence-corrected chi connectivity index (χ2v) is 9.44. The minimum Gasteiger partial charge on any atom is -0.606 e. The van der Waals surface area contributed by atoms with Crippen LogP contribution in [0.3, 0.4) is 0 Å². The number of unbranched alkanes of at least 4 members (excludes halogenated alkanes) is 1. The second-order valence-electron chi connectivity index (χ2n) is 7.59. The van der Waals surface area contributed by atoms with Gasteiger partial charge in [-0.2, -0.15) is 0 Å². The number of anilines is 2. The maximum absolute atomic E-state index is 13.0. The van der Waals surface area contributed by atoms with E-state index in [1.807, 2.05) is 36.4 Å². The Kier molecular flexibility index (Phi) is 6.18. The summed E-state index contributed by atoms with van der Waals surface area (Å²) < 4.78 is 14.0. The highest BCUT2D eigenvalue weighted by Crippen LogP contribution is 2.44. The molecule has 140 valence electrons. The molecule has 1 atom stereocenters. The first kappa shape index (κ1) is 19.6. The molecule has 0 bridgehead atoms. The molecule has 0 fully saturated rings. The fourth-order valence-corrected chi connectivity index (χ4v) is 5.06. The van der Waals surface area contributed by atoms with E-state index in [4.69, 9.17) is 11.6 Å². The number of nitrogens with zero attached hydrogens (tertiary/aromatic N) is 2. The van der Waals surface area contributed by atoms with Crippen molar-refractivity contribution in [3.05, 3.63) is 47.5 Å². The molecule has 1 heterocycles. The molecule has 2 aromatic carbocycles. The van der Waals surface area contributed by atoms with Gasteiger partial charge in [0.1, 0.15) is 0 Å². The Morgan fingerprint density at radius 1 is 1.00 bits per heavy atom. The molecule has 0 amide bonds. The second kappa shape index (κ2) is 8.22. The van der Waals surface area contributed by atoms with Crippen LogP contribution in [0, 0.1) is 0 Å². The molecule has 1 unspecified atom stereocenters. The maximum atomic E-state index is 13.0.